The first-order chi connectivity index (χ1) is 12.8. The molecule has 6 nitrogen and oxygen atoms in total. The number of carbonyl (C=O) groups excluding carboxylic acids is 1. The van der Waals surface area contributed by atoms with E-state index >= 15 is 0 Å². The van der Waals surface area contributed by atoms with Gasteiger partial charge in [0.05, 0.1) is 6.54 Å². The first-order valence-corrected chi connectivity index (χ1v) is 10.9. The number of rotatable bonds is 4. The molecule has 1 amide bonds. The first-order valence-electron chi connectivity index (χ1n) is 10.9. The number of nitrogens with one attached hydrogen (secondary N) is 2. The van der Waals surface area contributed by atoms with Crippen molar-refractivity contribution in [3.63, 3.8) is 0 Å². The molecular weight excluding hydrogens is 338 g/mol. The van der Waals surface area contributed by atoms with Crippen molar-refractivity contribution in [2.75, 3.05) is 45.8 Å². The zero-order valence-corrected chi connectivity index (χ0v) is 17.8. The van der Waals surface area contributed by atoms with Gasteiger partial charge in [-0.3, -0.25) is 14.7 Å². The summed E-state index contributed by atoms with van der Waals surface area (Å²) in [6, 6.07) is 0. The average molecular weight is 378 g/mol. The normalized spacial score (nSPS) is 30.7. The van der Waals surface area contributed by atoms with E-state index in [0.29, 0.717) is 6.42 Å². The van der Waals surface area contributed by atoms with Crippen molar-refractivity contribution in [2.45, 2.75) is 65.3 Å². The second-order valence-electron chi connectivity index (χ2n) is 9.65. The topological polar surface area (TPSA) is 60.0 Å². The summed E-state index contributed by atoms with van der Waals surface area (Å²) in [7, 11) is 0. The van der Waals surface area contributed by atoms with E-state index in [1.54, 1.807) is 0 Å². The van der Waals surface area contributed by atoms with Crippen molar-refractivity contribution in [1.29, 1.82) is 0 Å². The summed E-state index contributed by atoms with van der Waals surface area (Å²) in [5.41, 5.74) is 0.178. The zero-order valence-electron chi connectivity index (χ0n) is 17.8. The Bertz CT molecular complexity index is 561. The lowest BCUT2D eigenvalue weighted by Gasteiger charge is -2.43. The van der Waals surface area contributed by atoms with Gasteiger partial charge < -0.3 is 15.5 Å². The molecule has 27 heavy (non-hydrogen) atoms. The lowest BCUT2D eigenvalue weighted by Crippen LogP contribution is -2.53. The Kier molecular flexibility index (Phi) is 6.34. The van der Waals surface area contributed by atoms with Gasteiger partial charge in [0.2, 0.25) is 5.91 Å². The lowest BCUT2D eigenvalue weighted by atomic mass is 9.79. The first kappa shape index (κ1) is 20.4. The SMILES string of the molecule is CCNC(=NCC(C)(C)N1CCCC(C)C1)N1CCCC2(CNC(=O)C2)C1. The Hall–Kier alpha value is -1.30. The van der Waals surface area contributed by atoms with Crippen LogP contribution >= 0.6 is 0 Å². The molecule has 3 rings (SSSR count). The van der Waals surface area contributed by atoms with E-state index in [1.807, 2.05) is 0 Å². The molecule has 0 aliphatic carbocycles. The summed E-state index contributed by atoms with van der Waals surface area (Å²) in [6.45, 7) is 16.0. The molecule has 3 fully saturated rings. The fourth-order valence-corrected chi connectivity index (χ4v) is 4.96. The molecule has 3 aliphatic rings. The highest BCUT2D eigenvalue weighted by molar-refractivity contribution is 5.81. The van der Waals surface area contributed by atoms with Crippen LogP contribution in [-0.2, 0) is 4.79 Å². The summed E-state index contributed by atoms with van der Waals surface area (Å²) < 4.78 is 0. The third-order valence-electron chi connectivity index (χ3n) is 6.62. The van der Waals surface area contributed by atoms with Crippen LogP contribution in [0.25, 0.3) is 0 Å². The van der Waals surface area contributed by atoms with E-state index in [-0.39, 0.29) is 16.9 Å². The standard InChI is InChI=1S/C21H39N5O/c1-5-22-19(24-14-20(3,4)26-11-6-8-17(2)13-26)25-10-7-9-21(16-25)12-18(27)23-15-21/h17H,5-16H2,1-4H3,(H,22,24)(H,23,27). The van der Waals surface area contributed by atoms with Crippen LogP contribution in [0.5, 0.6) is 0 Å². The van der Waals surface area contributed by atoms with Gasteiger partial charge in [0.25, 0.3) is 0 Å². The molecule has 0 radical (unpaired) electrons. The highest BCUT2D eigenvalue weighted by atomic mass is 16.1. The number of aliphatic imine (C=N–C) groups is 1. The van der Waals surface area contributed by atoms with Crippen LogP contribution < -0.4 is 10.6 Å². The molecule has 0 aromatic rings. The highest BCUT2D eigenvalue weighted by Gasteiger charge is 2.42. The molecule has 2 unspecified atom stereocenters. The van der Waals surface area contributed by atoms with Crippen molar-refractivity contribution < 1.29 is 4.79 Å². The van der Waals surface area contributed by atoms with E-state index in [4.69, 9.17) is 4.99 Å². The Morgan fingerprint density at radius 1 is 1.37 bits per heavy atom. The maximum Gasteiger partial charge on any atom is 0.220 e. The van der Waals surface area contributed by atoms with Gasteiger partial charge in [-0.15, -0.1) is 0 Å². The number of carbonyl (C=O) groups is 1. The Morgan fingerprint density at radius 2 is 2.19 bits per heavy atom. The number of guanidine groups is 1. The fourth-order valence-electron chi connectivity index (χ4n) is 4.96. The number of hydrogen-bond acceptors (Lipinski definition) is 3. The van der Waals surface area contributed by atoms with Crippen molar-refractivity contribution in [3.05, 3.63) is 0 Å². The minimum absolute atomic E-state index is 0.0771. The van der Waals surface area contributed by atoms with E-state index in [2.05, 4.69) is 48.1 Å². The highest BCUT2D eigenvalue weighted by Crippen LogP contribution is 2.36. The van der Waals surface area contributed by atoms with Crippen LogP contribution in [0.4, 0.5) is 0 Å². The van der Waals surface area contributed by atoms with Crippen LogP contribution in [0.1, 0.15) is 59.8 Å². The molecule has 1 spiro atoms. The van der Waals surface area contributed by atoms with Crippen LogP contribution in [0.15, 0.2) is 4.99 Å². The largest absolute Gasteiger partial charge is 0.357 e. The predicted octanol–water partition coefficient (Wildman–Crippen LogP) is 2.06. The molecule has 0 aromatic carbocycles. The van der Waals surface area contributed by atoms with Gasteiger partial charge in [0.15, 0.2) is 5.96 Å². The predicted molar refractivity (Wildman–Crippen MR) is 111 cm³/mol. The maximum atomic E-state index is 11.8. The van der Waals surface area contributed by atoms with Crippen LogP contribution in [0, 0.1) is 11.3 Å². The number of amides is 1. The van der Waals surface area contributed by atoms with Gasteiger partial charge in [0.1, 0.15) is 0 Å². The molecule has 3 aliphatic heterocycles. The van der Waals surface area contributed by atoms with Gasteiger partial charge in [0, 0.05) is 50.1 Å². The van der Waals surface area contributed by atoms with E-state index in [9.17, 15) is 4.79 Å². The third kappa shape index (κ3) is 4.95. The van der Waals surface area contributed by atoms with E-state index in [0.717, 1.165) is 57.4 Å². The van der Waals surface area contributed by atoms with Gasteiger partial charge in [-0.1, -0.05) is 6.92 Å². The number of piperidine rings is 2. The van der Waals surface area contributed by atoms with Crippen molar-refractivity contribution >= 4 is 11.9 Å². The number of likely N-dealkylation sites (tertiary alicyclic amines) is 2. The molecule has 0 saturated carbocycles. The molecule has 3 saturated heterocycles. The maximum absolute atomic E-state index is 11.8. The zero-order chi connectivity index (χ0) is 19.5. The van der Waals surface area contributed by atoms with Crippen molar-refractivity contribution in [2.24, 2.45) is 16.3 Å². The Balaban J connectivity index is 1.67. The van der Waals surface area contributed by atoms with Gasteiger partial charge in [-0.25, -0.2) is 0 Å². The van der Waals surface area contributed by atoms with E-state index in [1.165, 1.54) is 25.9 Å². The summed E-state index contributed by atoms with van der Waals surface area (Å²) in [6.07, 6.45) is 5.58. The van der Waals surface area contributed by atoms with Gasteiger partial charge in [-0.05, 0) is 58.9 Å². The van der Waals surface area contributed by atoms with Gasteiger partial charge >= 0.3 is 0 Å². The second kappa shape index (κ2) is 8.38. The molecule has 2 atom stereocenters. The molecule has 0 aromatic heterocycles. The van der Waals surface area contributed by atoms with E-state index < -0.39 is 0 Å². The summed E-state index contributed by atoms with van der Waals surface area (Å²) >= 11 is 0. The quantitative estimate of drug-likeness (QED) is 0.582. The Morgan fingerprint density at radius 3 is 2.85 bits per heavy atom. The number of hydrogen-bond donors (Lipinski definition) is 2. The van der Waals surface area contributed by atoms with Crippen molar-refractivity contribution in [3.8, 4) is 0 Å². The van der Waals surface area contributed by atoms with Crippen molar-refractivity contribution in [1.82, 2.24) is 20.4 Å². The monoisotopic (exact) mass is 377 g/mol. The fraction of sp³-hybridized carbons (Fsp3) is 0.905. The smallest absolute Gasteiger partial charge is 0.220 e. The summed E-state index contributed by atoms with van der Waals surface area (Å²) in [5.74, 6) is 2.01. The molecule has 2 N–H and O–H groups in total. The average Bonchev–Trinajstić information content (AvgIpc) is 2.98. The Labute approximate surface area is 165 Å². The third-order valence-corrected chi connectivity index (χ3v) is 6.62. The molecular formula is C21H39N5O. The molecule has 0 bridgehead atoms. The van der Waals surface area contributed by atoms with Crippen LogP contribution in [-0.4, -0.2) is 73.0 Å². The molecule has 154 valence electrons. The number of nitrogens with zero attached hydrogens (tertiary/aromatic N) is 3. The van der Waals surface area contributed by atoms with Crippen LogP contribution in [0.3, 0.4) is 0 Å². The lowest BCUT2D eigenvalue weighted by molar-refractivity contribution is -0.119. The second-order valence-corrected chi connectivity index (χ2v) is 9.65. The van der Waals surface area contributed by atoms with Crippen LogP contribution in [0.2, 0.25) is 0 Å². The minimum atomic E-state index is 0.0771. The minimum Gasteiger partial charge on any atom is -0.357 e. The molecule has 6 heteroatoms. The summed E-state index contributed by atoms with van der Waals surface area (Å²) in [5, 5.41) is 6.55. The molecule has 3 heterocycles. The summed E-state index contributed by atoms with van der Waals surface area (Å²) in [4.78, 5) is 21.9. The van der Waals surface area contributed by atoms with Gasteiger partial charge in [-0.2, -0.15) is 0 Å².